The van der Waals surface area contributed by atoms with Gasteiger partial charge in [0.1, 0.15) is 5.75 Å². The van der Waals surface area contributed by atoms with E-state index in [-0.39, 0.29) is 16.7 Å². The van der Waals surface area contributed by atoms with E-state index in [9.17, 15) is 14.4 Å². The molecule has 0 fully saturated rings. The number of esters is 1. The van der Waals surface area contributed by atoms with Crippen molar-refractivity contribution in [2.45, 2.75) is 6.92 Å². The molecule has 0 spiro atoms. The van der Waals surface area contributed by atoms with Gasteiger partial charge in [-0.1, -0.05) is 30.3 Å². The Morgan fingerprint density at radius 2 is 1.56 bits per heavy atom. The molecule has 1 aliphatic rings. The zero-order valence-electron chi connectivity index (χ0n) is 14.5. The number of hydrogen-bond donors (Lipinski definition) is 0. The van der Waals surface area contributed by atoms with Crippen molar-refractivity contribution in [1.29, 1.82) is 0 Å². The van der Waals surface area contributed by atoms with E-state index in [4.69, 9.17) is 4.74 Å². The molecule has 3 aromatic rings. The van der Waals surface area contributed by atoms with Crippen LogP contribution in [0.5, 0.6) is 5.75 Å². The van der Waals surface area contributed by atoms with Gasteiger partial charge < -0.3 is 4.74 Å². The molecule has 0 saturated heterocycles. The molecule has 0 aromatic heterocycles. The normalized spacial score (nSPS) is 12.9. The minimum absolute atomic E-state index is 0.198. The summed E-state index contributed by atoms with van der Waals surface area (Å²) in [6.07, 6.45) is 0. The van der Waals surface area contributed by atoms with Crippen LogP contribution in [0.2, 0.25) is 0 Å². The number of para-hydroxylation sites is 1. The highest BCUT2D eigenvalue weighted by molar-refractivity contribution is 6.34. The molecule has 1 heterocycles. The molecule has 0 unspecified atom stereocenters. The Hall–Kier alpha value is -3.73. The Labute approximate surface area is 155 Å². The lowest BCUT2D eigenvalue weighted by Gasteiger charge is -2.14. The molecule has 27 heavy (non-hydrogen) atoms. The number of amides is 2. The van der Waals surface area contributed by atoms with Crippen LogP contribution in [0.1, 0.15) is 36.6 Å². The fourth-order valence-corrected chi connectivity index (χ4v) is 3.02. The van der Waals surface area contributed by atoms with E-state index in [0.29, 0.717) is 11.4 Å². The summed E-state index contributed by atoms with van der Waals surface area (Å²) in [5, 5.41) is 0. The summed E-state index contributed by atoms with van der Waals surface area (Å²) in [6.45, 7) is 1.89. The predicted octanol–water partition coefficient (Wildman–Crippen LogP) is 4.01. The molecule has 1 aliphatic heterocycles. The minimum Gasteiger partial charge on any atom is -0.423 e. The van der Waals surface area contributed by atoms with Crippen LogP contribution in [0.3, 0.4) is 0 Å². The average molecular weight is 357 g/mol. The van der Waals surface area contributed by atoms with Crippen molar-refractivity contribution in [3.63, 3.8) is 0 Å². The van der Waals surface area contributed by atoms with Crippen LogP contribution in [0.25, 0.3) is 0 Å². The summed E-state index contributed by atoms with van der Waals surface area (Å²) >= 11 is 0. The second-order valence-electron chi connectivity index (χ2n) is 6.25. The van der Waals surface area contributed by atoms with Gasteiger partial charge in [0.2, 0.25) is 0 Å². The molecule has 0 aliphatic carbocycles. The van der Waals surface area contributed by atoms with Gasteiger partial charge in [-0.3, -0.25) is 9.59 Å². The first kappa shape index (κ1) is 16.7. The number of fused-ring (bicyclic) bond motifs is 1. The maximum Gasteiger partial charge on any atom is 0.343 e. The number of carbonyl (C=O) groups excluding carboxylic acids is 3. The van der Waals surface area contributed by atoms with Crippen LogP contribution in [-0.4, -0.2) is 17.8 Å². The van der Waals surface area contributed by atoms with Crippen molar-refractivity contribution in [3.05, 3.63) is 95.1 Å². The zero-order valence-corrected chi connectivity index (χ0v) is 14.5. The lowest BCUT2D eigenvalue weighted by atomic mass is 10.1. The van der Waals surface area contributed by atoms with Crippen LogP contribution in [0, 0.1) is 6.92 Å². The number of anilines is 1. The van der Waals surface area contributed by atoms with Gasteiger partial charge in [0.05, 0.1) is 22.4 Å². The number of imide groups is 1. The number of nitrogens with zero attached hydrogens (tertiary/aromatic N) is 1. The first-order chi connectivity index (χ1) is 13.0. The molecular formula is C22H15NO4. The van der Waals surface area contributed by atoms with Crippen LogP contribution in [-0.2, 0) is 0 Å². The van der Waals surface area contributed by atoms with E-state index in [1.54, 1.807) is 42.5 Å². The van der Waals surface area contributed by atoms with Gasteiger partial charge in [-0.2, -0.15) is 0 Å². The van der Waals surface area contributed by atoms with Crippen molar-refractivity contribution in [2.75, 3.05) is 4.90 Å². The Balaban J connectivity index is 1.65. The van der Waals surface area contributed by atoms with Gasteiger partial charge in [-0.25, -0.2) is 9.69 Å². The van der Waals surface area contributed by atoms with Gasteiger partial charge in [0.25, 0.3) is 11.8 Å². The molecule has 5 heteroatoms. The monoisotopic (exact) mass is 357 g/mol. The first-order valence-corrected chi connectivity index (χ1v) is 8.41. The van der Waals surface area contributed by atoms with Crippen molar-refractivity contribution in [1.82, 2.24) is 0 Å². The molecule has 5 nitrogen and oxygen atoms in total. The van der Waals surface area contributed by atoms with Gasteiger partial charge >= 0.3 is 5.97 Å². The van der Waals surface area contributed by atoms with Crippen molar-refractivity contribution >= 4 is 23.5 Å². The van der Waals surface area contributed by atoms with E-state index in [1.165, 1.54) is 18.2 Å². The summed E-state index contributed by atoms with van der Waals surface area (Å²) in [7, 11) is 0. The van der Waals surface area contributed by atoms with E-state index in [0.717, 1.165) is 10.5 Å². The first-order valence-electron chi connectivity index (χ1n) is 8.41. The molecule has 0 bridgehead atoms. The molecule has 132 valence electrons. The maximum atomic E-state index is 12.8. The third-order valence-electron chi connectivity index (χ3n) is 4.34. The second kappa shape index (κ2) is 6.53. The standard InChI is InChI=1S/C22H15NO4/c1-14-6-5-7-16(12-14)23-20(24)18-11-10-15(13-19(18)21(23)25)22(26)27-17-8-3-2-4-9-17/h2-13H,1H3. The van der Waals surface area contributed by atoms with Gasteiger partial charge in [0, 0.05) is 0 Å². The van der Waals surface area contributed by atoms with Crippen LogP contribution in [0.4, 0.5) is 5.69 Å². The summed E-state index contributed by atoms with van der Waals surface area (Å²) in [6, 6.07) is 20.2. The Kier molecular flexibility index (Phi) is 4.05. The molecule has 0 N–H and O–H groups in total. The molecule has 0 saturated carbocycles. The Bertz CT molecular complexity index is 1070. The zero-order chi connectivity index (χ0) is 19.0. The number of ether oxygens (including phenoxy) is 1. The lowest BCUT2D eigenvalue weighted by molar-refractivity contribution is 0.0734. The van der Waals surface area contributed by atoms with Crippen LogP contribution >= 0.6 is 0 Å². The van der Waals surface area contributed by atoms with E-state index in [2.05, 4.69) is 0 Å². The van der Waals surface area contributed by atoms with Crippen molar-refractivity contribution < 1.29 is 19.1 Å². The van der Waals surface area contributed by atoms with E-state index < -0.39 is 17.8 Å². The summed E-state index contributed by atoms with van der Waals surface area (Å²) in [5.74, 6) is -1.02. The smallest absolute Gasteiger partial charge is 0.343 e. The number of benzene rings is 3. The molecule has 2 amide bonds. The van der Waals surface area contributed by atoms with Crippen molar-refractivity contribution in [2.24, 2.45) is 0 Å². The number of rotatable bonds is 3. The molecule has 0 radical (unpaired) electrons. The van der Waals surface area contributed by atoms with Gasteiger partial charge in [-0.05, 0) is 55.0 Å². The average Bonchev–Trinajstić information content (AvgIpc) is 2.92. The molecular weight excluding hydrogens is 342 g/mol. The lowest BCUT2D eigenvalue weighted by Crippen LogP contribution is -2.29. The minimum atomic E-state index is -0.585. The topological polar surface area (TPSA) is 63.7 Å². The molecule has 3 aromatic carbocycles. The van der Waals surface area contributed by atoms with E-state index >= 15 is 0 Å². The highest BCUT2D eigenvalue weighted by Gasteiger charge is 2.37. The fraction of sp³-hybridized carbons (Fsp3) is 0.0455. The fourth-order valence-electron chi connectivity index (χ4n) is 3.02. The highest BCUT2D eigenvalue weighted by Crippen LogP contribution is 2.29. The Morgan fingerprint density at radius 3 is 2.30 bits per heavy atom. The SMILES string of the molecule is Cc1cccc(N2C(=O)c3ccc(C(=O)Oc4ccccc4)cc3C2=O)c1. The van der Waals surface area contributed by atoms with Crippen molar-refractivity contribution in [3.8, 4) is 5.75 Å². The molecule has 4 rings (SSSR count). The summed E-state index contributed by atoms with van der Waals surface area (Å²) < 4.78 is 5.30. The van der Waals surface area contributed by atoms with Gasteiger partial charge in [-0.15, -0.1) is 0 Å². The summed E-state index contributed by atoms with van der Waals surface area (Å²) in [4.78, 5) is 39.0. The third kappa shape index (κ3) is 3.00. The second-order valence-corrected chi connectivity index (χ2v) is 6.25. The maximum absolute atomic E-state index is 12.8. The van der Waals surface area contributed by atoms with Crippen LogP contribution < -0.4 is 9.64 Å². The number of hydrogen-bond acceptors (Lipinski definition) is 4. The number of carbonyl (C=O) groups is 3. The Morgan fingerprint density at radius 1 is 0.815 bits per heavy atom. The quantitative estimate of drug-likeness (QED) is 0.404. The third-order valence-corrected chi connectivity index (χ3v) is 4.34. The molecule has 0 atom stereocenters. The largest absolute Gasteiger partial charge is 0.423 e. The predicted molar refractivity (Wildman–Crippen MR) is 100 cm³/mol. The summed E-state index contributed by atoms with van der Waals surface area (Å²) in [5.41, 5.74) is 2.14. The van der Waals surface area contributed by atoms with Crippen LogP contribution in [0.15, 0.2) is 72.8 Å². The van der Waals surface area contributed by atoms with E-state index in [1.807, 2.05) is 19.1 Å². The van der Waals surface area contributed by atoms with Gasteiger partial charge in [0.15, 0.2) is 0 Å². The highest BCUT2D eigenvalue weighted by atomic mass is 16.5. The number of aryl methyl sites for hydroxylation is 1.